The number of nitrogens with one attached hydrogen (secondary N) is 1. The quantitative estimate of drug-likeness (QED) is 0.358. The Balaban J connectivity index is 2.76. The van der Waals surface area contributed by atoms with Crippen LogP contribution in [0.2, 0.25) is 0 Å². The molecule has 0 spiro atoms. The third-order valence-electron chi connectivity index (χ3n) is 1.88. The summed E-state index contributed by atoms with van der Waals surface area (Å²) in [6.07, 6.45) is 0.914. The fourth-order valence-corrected chi connectivity index (χ4v) is 1.07. The van der Waals surface area contributed by atoms with Crippen LogP contribution in [0.25, 0.3) is 0 Å². The molecule has 7 heteroatoms. The molecule has 16 heavy (non-hydrogen) atoms. The van der Waals surface area contributed by atoms with E-state index in [1.54, 1.807) is 0 Å². The molecule has 0 aromatic rings. The van der Waals surface area contributed by atoms with Crippen molar-refractivity contribution in [2.75, 3.05) is 20.8 Å². The number of cyclic esters (lactones) is 1. The fourth-order valence-electron chi connectivity index (χ4n) is 1.07. The molecular weight excluding hydrogens is 218 g/mol. The first-order valence-electron chi connectivity index (χ1n) is 4.39. The second-order valence-electron chi connectivity index (χ2n) is 2.90. The van der Waals surface area contributed by atoms with Gasteiger partial charge in [-0.25, -0.2) is 14.4 Å². The van der Waals surface area contributed by atoms with Crippen LogP contribution in [0.15, 0.2) is 11.8 Å². The number of esters is 3. The van der Waals surface area contributed by atoms with Crippen LogP contribution in [0.4, 0.5) is 0 Å². The van der Waals surface area contributed by atoms with E-state index < -0.39 is 23.9 Å². The largest absolute Gasteiger partial charge is 0.467 e. The van der Waals surface area contributed by atoms with Gasteiger partial charge in [-0.15, -0.1) is 0 Å². The highest BCUT2D eigenvalue weighted by Crippen LogP contribution is 2.06. The topological polar surface area (TPSA) is 90.9 Å². The zero-order valence-electron chi connectivity index (χ0n) is 8.81. The lowest BCUT2D eigenvalue weighted by molar-refractivity contribution is -0.152. The Morgan fingerprint density at radius 2 is 2.12 bits per heavy atom. The third kappa shape index (κ3) is 2.72. The summed E-state index contributed by atoms with van der Waals surface area (Å²) in [4.78, 5) is 33.3. The van der Waals surface area contributed by atoms with Crippen LogP contribution in [0.1, 0.15) is 0 Å². The second-order valence-corrected chi connectivity index (χ2v) is 2.90. The number of rotatable bonds is 2. The first kappa shape index (κ1) is 12.0. The molecule has 1 unspecified atom stereocenters. The Bertz CT molecular complexity index is 348. The number of hydrogen-bond acceptors (Lipinski definition) is 7. The summed E-state index contributed by atoms with van der Waals surface area (Å²) in [5.41, 5.74) is -0.131. The van der Waals surface area contributed by atoms with Gasteiger partial charge in [-0.05, 0) is 0 Å². The monoisotopic (exact) mass is 229 g/mol. The van der Waals surface area contributed by atoms with E-state index in [1.165, 1.54) is 14.2 Å². The molecule has 88 valence electrons. The summed E-state index contributed by atoms with van der Waals surface area (Å²) in [5, 5.41) is 2.53. The number of methoxy groups -OCH3 is 2. The average Bonchev–Trinajstić information content (AvgIpc) is 2.30. The predicted octanol–water partition coefficient (Wildman–Crippen LogP) is -1.27. The number of ether oxygens (including phenoxy) is 3. The molecule has 0 amide bonds. The van der Waals surface area contributed by atoms with E-state index in [-0.39, 0.29) is 12.3 Å². The van der Waals surface area contributed by atoms with Crippen LogP contribution in [0.3, 0.4) is 0 Å². The van der Waals surface area contributed by atoms with E-state index in [0.717, 1.165) is 6.08 Å². The Labute approximate surface area is 91.3 Å². The van der Waals surface area contributed by atoms with Gasteiger partial charge in [-0.1, -0.05) is 0 Å². The number of carbonyl (C=O) groups excluding carboxylic acids is 3. The summed E-state index contributed by atoms with van der Waals surface area (Å²) < 4.78 is 13.5. The van der Waals surface area contributed by atoms with Gasteiger partial charge in [0.2, 0.25) is 0 Å². The van der Waals surface area contributed by atoms with Crippen molar-refractivity contribution in [1.29, 1.82) is 0 Å². The van der Waals surface area contributed by atoms with Gasteiger partial charge in [-0.2, -0.15) is 0 Å². The normalized spacial score (nSPS) is 22.0. The summed E-state index contributed by atoms with van der Waals surface area (Å²) in [7, 11) is 2.38. The average molecular weight is 229 g/mol. The summed E-state index contributed by atoms with van der Waals surface area (Å²) in [5.74, 6) is -2.02. The minimum atomic E-state index is -0.807. The molecule has 1 fully saturated rings. The van der Waals surface area contributed by atoms with E-state index in [9.17, 15) is 14.4 Å². The highest BCUT2D eigenvalue weighted by Gasteiger charge is 2.30. The van der Waals surface area contributed by atoms with Crippen LogP contribution in [0, 0.1) is 0 Å². The molecule has 0 aliphatic carbocycles. The van der Waals surface area contributed by atoms with E-state index >= 15 is 0 Å². The molecule has 1 saturated heterocycles. The van der Waals surface area contributed by atoms with E-state index in [4.69, 9.17) is 4.74 Å². The lowest BCUT2D eigenvalue weighted by Crippen LogP contribution is -2.48. The second kappa shape index (κ2) is 5.15. The van der Waals surface area contributed by atoms with Crippen LogP contribution >= 0.6 is 0 Å². The Morgan fingerprint density at radius 1 is 1.44 bits per heavy atom. The lowest BCUT2D eigenvalue weighted by atomic mass is 10.2. The van der Waals surface area contributed by atoms with Crippen molar-refractivity contribution in [1.82, 2.24) is 5.32 Å². The van der Waals surface area contributed by atoms with Crippen LogP contribution in [-0.4, -0.2) is 44.8 Å². The van der Waals surface area contributed by atoms with Gasteiger partial charge in [0.05, 0.1) is 20.3 Å². The van der Waals surface area contributed by atoms with Gasteiger partial charge in [0.1, 0.15) is 12.3 Å². The maximum absolute atomic E-state index is 11.2. The number of carbonyl (C=O) groups is 3. The van der Waals surface area contributed by atoms with Gasteiger partial charge in [-0.3, -0.25) is 0 Å². The van der Waals surface area contributed by atoms with Crippen molar-refractivity contribution >= 4 is 17.9 Å². The minimum Gasteiger partial charge on any atom is -0.467 e. The standard InChI is InChI=1S/C9H11NO6/c1-14-7(11)3-5-9(13)16-4-6(10-5)8(12)15-2/h3,6,10H,4H2,1-2H3/b5-3-. The molecule has 0 bridgehead atoms. The molecule has 1 heterocycles. The van der Waals surface area contributed by atoms with Crippen molar-refractivity contribution in [2.24, 2.45) is 0 Å². The Hall–Kier alpha value is -2.05. The van der Waals surface area contributed by atoms with Crippen molar-refractivity contribution in [3.05, 3.63) is 11.8 Å². The highest BCUT2D eigenvalue weighted by molar-refractivity contribution is 5.97. The zero-order chi connectivity index (χ0) is 12.1. The third-order valence-corrected chi connectivity index (χ3v) is 1.88. The molecule has 1 aliphatic rings. The van der Waals surface area contributed by atoms with E-state index in [2.05, 4.69) is 14.8 Å². The molecule has 1 rings (SSSR count). The molecule has 0 saturated carbocycles. The number of hydrogen-bond donors (Lipinski definition) is 1. The van der Waals surface area contributed by atoms with Crippen molar-refractivity contribution in [3.63, 3.8) is 0 Å². The fraction of sp³-hybridized carbons (Fsp3) is 0.444. The summed E-state index contributed by atoms with van der Waals surface area (Å²) in [6, 6.07) is -0.807. The van der Waals surface area contributed by atoms with Crippen LogP contribution in [0.5, 0.6) is 0 Å². The first-order valence-corrected chi connectivity index (χ1v) is 4.39. The van der Waals surface area contributed by atoms with Gasteiger partial charge in [0.25, 0.3) is 0 Å². The first-order chi connectivity index (χ1) is 7.58. The Kier molecular flexibility index (Phi) is 3.87. The predicted molar refractivity (Wildman–Crippen MR) is 50.0 cm³/mol. The summed E-state index contributed by atoms with van der Waals surface area (Å²) in [6.45, 7) is -0.135. The molecular formula is C9H11NO6. The molecule has 7 nitrogen and oxygen atoms in total. The van der Waals surface area contributed by atoms with Crippen molar-refractivity contribution < 1.29 is 28.6 Å². The lowest BCUT2D eigenvalue weighted by Gasteiger charge is -2.23. The zero-order valence-corrected chi connectivity index (χ0v) is 8.81. The molecule has 1 N–H and O–H groups in total. The smallest absolute Gasteiger partial charge is 0.354 e. The molecule has 0 radical (unpaired) electrons. The van der Waals surface area contributed by atoms with E-state index in [0.29, 0.717) is 0 Å². The maximum Gasteiger partial charge on any atom is 0.354 e. The summed E-state index contributed by atoms with van der Waals surface area (Å²) >= 11 is 0. The van der Waals surface area contributed by atoms with Gasteiger partial charge < -0.3 is 19.5 Å². The SMILES string of the molecule is COC(=O)/C=C1\NC(C(=O)OC)COC1=O. The van der Waals surface area contributed by atoms with Crippen molar-refractivity contribution in [2.45, 2.75) is 6.04 Å². The van der Waals surface area contributed by atoms with Gasteiger partial charge in [0.15, 0.2) is 6.04 Å². The molecule has 1 atom stereocenters. The molecule has 1 aliphatic heterocycles. The van der Waals surface area contributed by atoms with Crippen LogP contribution in [-0.2, 0) is 28.6 Å². The molecule has 0 aromatic heterocycles. The Morgan fingerprint density at radius 3 is 2.69 bits per heavy atom. The van der Waals surface area contributed by atoms with Gasteiger partial charge >= 0.3 is 17.9 Å². The van der Waals surface area contributed by atoms with E-state index in [1.807, 2.05) is 0 Å². The van der Waals surface area contributed by atoms with Gasteiger partial charge in [0, 0.05) is 0 Å². The highest BCUT2D eigenvalue weighted by atomic mass is 16.6. The number of morpholine rings is 1. The van der Waals surface area contributed by atoms with Crippen LogP contribution < -0.4 is 5.32 Å². The minimum absolute atomic E-state index is 0.131. The van der Waals surface area contributed by atoms with Crippen molar-refractivity contribution in [3.8, 4) is 0 Å². The molecule has 0 aromatic carbocycles. The maximum atomic E-state index is 11.2.